The second-order valence-electron chi connectivity index (χ2n) is 5.51. The van der Waals surface area contributed by atoms with Gasteiger partial charge in [0.05, 0.1) is 6.61 Å². The Kier molecular flexibility index (Phi) is 5.94. The average Bonchev–Trinajstić information content (AvgIpc) is 3.22. The molecule has 0 fully saturated rings. The maximum atomic E-state index is 9.12. The first-order valence-corrected chi connectivity index (χ1v) is 8.22. The molecule has 0 spiro atoms. The molecule has 0 atom stereocenters. The van der Waals surface area contributed by atoms with Crippen LogP contribution in [0.5, 0.6) is 5.75 Å². The summed E-state index contributed by atoms with van der Waals surface area (Å²) in [6.45, 7) is 0.665. The Bertz CT molecular complexity index is 867. The molecule has 26 heavy (non-hydrogen) atoms. The lowest BCUT2D eigenvalue weighted by atomic mass is 10.1. The van der Waals surface area contributed by atoms with E-state index in [1.165, 1.54) is 5.56 Å². The molecule has 0 aliphatic heterocycles. The largest absolute Gasteiger partial charge is 0.494 e. The minimum absolute atomic E-state index is 0.248. The highest BCUT2D eigenvalue weighted by Gasteiger charge is 2.05. The van der Waals surface area contributed by atoms with Gasteiger partial charge in [0.25, 0.3) is 0 Å². The quantitative estimate of drug-likeness (QED) is 0.480. The highest BCUT2D eigenvalue weighted by Crippen LogP contribution is 2.17. The third kappa shape index (κ3) is 4.92. The van der Waals surface area contributed by atoms with Crippen molar-refractivity contribution in [3.8, 4) is 11.8 Å². The average molecular weight is 346 g/mol. The first-order chi connectivity index (χ1) is 12.8. The molecule has 1 aromatic heterocycles. The third-order valence-corrected chi connectivity index (χ3v) is 3.67. The van der Waals surface area contributed by atoms with Gasteiger partial charge in [-0.3, -0.25) is 0 Å². The normalized spacial score (nSPS) is 11.0. The molecule has 0 radical (unpaired) electrons. The second kappa shape index (κ2) is 8.99. The summed E-state index contributed by atoms with van der Waals surface area (Å²) in [5.41, 5.74) is 2.44. The van der Waals surface area contributed by atoms with Crippen LogP contribution >= 0.6 is 0 Å². The molecule has 130 valence electrons. The molecule has 0 saturated carbocycles. The molecule has 7 nitrogen and oxygen atoms in total. The molecular weight excluding hydrogens is 328 g/mol. The molecule has 2 N–H and O–H groups in total. The van der Waals surface area contributed by atoms with Crippen molar-refractivity contribution in [3.63, 3.8) is 0 Å². The van der Waals surface area contributed by atoms with Gasteiger partial charge in [-0.25, -0.2) is 0 Å². The van der Waals surface area contributed by atoms with Crippen LogP contribution in [0, 0.1) is 11.3 Å². The number of aromatic nitrogens is 4. The zero-order valence-corrected chi connectivity index (χ0v) is 14.1. The number of hydrogen-bond donors (Lipinski definition) is 2. The summed E-state index contributed by atoms with van der Waals surface area (Å²) in [5.74, 6) is 1.06. The fourth-order valence-electron chi connectivity index (χ4n) is 2.34. The predicted molar refractivity (Wildman–Crippen MR) is 98.1 cm³/mol. The van der Waals surface area contributed by atoms with Gasteiger partial charge in [-0.15, -0.1) is 10.2 Å². The lowest BCUT2D eigenvalue weighted by molar-refractivity contribution is 0.311. The number of benzene rings is 2. The van der Waals surface area contributed by atoms with Gasteiger partial charge in [-0.2, -0.15) is 10.5 Å². The summed E-state index contributed by atoms with van der Waals surface area (Å²) < 4.78 is 5.76. The van der Waals surface area contributed by atoms with E-state index in [1.54, 1.807) is 6.20 Å². The molecular formula is C19H18N6O. The minimum atomic E-state index is 0.248. The third-order valence-electron chi connectivity index (χ3n) is 3.67. The van der Waals surface area contributed by atoms with E-state index in [0.29, 0.717) is 12.2 Å². The Morgan fingerprint density at radius 1 is 1.15 bits per heavy atom. The number of aryl methyl sites for hydroxylation is 1. The number of nitrogens with zero attached hydrogens (tertiary/aromatic N) is 4. The number of allylic oxidation sites excluding steroid dienone is 1. The Morgan fingerprint density at radius 2 is 1.96 bits per heavy atom. The molecule has 0 amide bonds. The fourth-order valence-corrected chi connectivity index (χ4v) is 2.34. The van der Waals surface area contributed by atoms with Crippen LogP contribution in [0.2, 0.25) is 0 Å². The Morgan fingerprint density at radius 3 is 2.65 bits per heavy atom. The van der Waals surface area contributed by atoms with E-state index in [2.05, 4.69) is 38.1 Å². The van der Waals surface area contributed by atoms with Crippen LogP contribution in [-0.2, 0) is 6.42 Å². The summed E-state index contributed by atoms with van der Waals surface area (Å²) >= 11 is 0. The van der Waals surface area contributed by atoms with Gasteiger partial charge in [0.15, 0.2) is 0 Å². The molecule has 0 aliphatic rings. The highest BCUT2D eigenvalue weighted by atomic mass is 16.5. The van der Waals surface area contributed by atoms with Crippen molar-refractivity contribution in [3.05, 3.63) is 72.2 Å². The van der Waals surface area contributed by atoms with Crippen molar-refractivity contribution in [2.75, 3.05) is 11.9 Å². The van der Waals surface area contributed by atoms with Crippen LogP contribution in [0.1, 0.15) is 17.8 Å². The molecule has 1 heterocycles. The molecule has 3 aromatic rings. The fraction of sp³-hybridized carbons (Fsp3) is 0.158. The van der Waals surface area contributed by atoms with E-state index in [0.717, 1.165) is 24.3 Å². The first kappa shape index (κ1) is 17.2. The van der Waals surface area contributed by atoms with Crippen LogP contribution in [-0.4, -0.2) is 27.2 Å². The van der Waals surface area contributed by atoms with Gasteiger partial charge in [-0.05, 0) is 47.9 Å². The number of nitrogens with one attached hydrogen (secondary N) is 2. The maximum absolute atomic E-state index is 9.12. The van der Waals surface area contributed by atoms with Crippen LogP contribution < -0.4 is 10.1 Å². The molecule has 7 heteroatoms. The Labute approximate surface area is 151 Å². The summed E-state index contributed by atoms with van der Waals surface area (Å²) in [6, 6.07) is 19.9. The lowest BCUT2D eigenvalue weighted by Crippen LogP contribution is -1.99. The standard InChI is InChI=1S/C19H18N6O/c20-13-16(19-22-24-25-23-19)14-21-17-8-10-18(11-9-17)26-12-4-7-15-5-2-1-3-6-15/h1-3,5-6,8-11,14,21H,4,7,12H2,(H,22,23,24,25). The van der Waals surface area contributed by atoms with E-state index < -0.39 is 0 Å². The molecule has 0 aliphatic carbocycles. The number of rotatable bonds is 8. The van der Waals surface area contributed by atoms with Gasteiger partial charge >= 0.3 is 0 Å². The maximum Gasteiger partial charge on any atom is 0.216 e. The van der Waals surface area contributed by atoms with E-state index in [1.807, 2.05) is 48.5 Å². The van der Waals surface area contributed by atoms with Crippen LogP contribution in [0.4, 0.5) is 5.69 Å². The van der Waals surface area contributed by atoms with Gasteiger partial charge in [0, 0.05) is 11.9 Å². The van der Waals surface area contributed by atoms with E-state index in [4.69, 9.17) is 10.00 Å². The number of ether oxygens (including phenoxy) is 1. The van der Waals surface area contributed by atoms with Gasteiger partial charge < -0.3 is 10.1 Å². The van der Waals surface area contributed by atoms with Crippen molar-refractivity contribution in [2.45, 2.75) is 12.8 Å². The minimum Gasteiger partial charge on any atom is -0.494 e. The smallest absolute Gasteiger partial charge is 0.216 e. The molecule has 0 bridgehead atoms. The van der Waals surface area contributed by atoms with Crippen LogP contribution in [0.25, 0.3) is 5.57 Å². The number of anilines is 1. The number of nitriles is 1. The lowest BCUT2D eigenvalue weighted by Gasteiger charge is -2.07. The van der Waals surface area contributed by atoms with E-state index in [9.17, 15) is 0 Å². The Balaban J connectivity index is 1.47. The van der Waals surface area contributed by atoms with Crippen LogP contribution in [0.3, 0.4) is 0 Å². The van der Waals surface area contributed by atoms with Crippen molar-refractivity contribution < 1.29 is 4.74 Å². The van der Waals surface area contributed by atoms with E-state index in [-0.39, 0.29) is 5.82 Å². The summed E-state index contributed by atoms with van der Waals surface area (Å²) in [6.07, 6.45) is 3.50. The zero-order valence-electron chi connectivity index (χ0n) is 14.1. The van der Waals surface area contributed by atoms with Crippen molar-refractivity contribution in [1.82, 2.24) is 20.6 Å². The first-order valence-electron chi connectivity index (χ1n) is 8.22. The highest BCUT2D eigenvalue weighted by molar-refractivity contribution is 5.74. The number of H-pyrrole nitrogens is 1. The van der Waals surface area contributed by atoms with Crippen molar-refractivity contribution in [2.24, 2.45) is 0 Å². The number of hydrogen-bond acceptors (Lipinski definition) is 6. The zero-order chi connectivity index (χ0) is 18.0. The number of aromatic amines is 1. The van der Waals surface area contributed by atoms with Crippen LogP contribution in [0.15, 0.2) is 60.8 Å². The van der Waals surface area contributed by atoms with Crippen molar-refractivity contribution in [1.29, 1.82) is 5.26 Å². The monoisotopic (exact) mass is 346 g/mol. The molecule has 0 unspecified atom stereocenters. The summed E-state index contributed by atoms with van der Waals surface area (Å²) in [4.78, 5) is 0. The van der Waals surface area contributed by atoms with E-state index >= 15 is 0 Å². The predicted octanol–water partition coefficient (Wildman–Crippen LogP) is 3.19. The van der Waals surface area contributed by atoms with Gasteiger partial charge in [0.2, 0.25) is 5.82 Å². The molecule has 2 aromatic carbocycles. The molecule has 0 saturated heterocycles. The van der Waals surface area contributed by atoms with Gasteiger partial charge in [-0.1, -0.05) is 30.3 Å². The SMILES string of the molecule is N#CC(=CNc1ccc(OCCCc2ccccc2)cc1)c1nn[nH]n1. The Hall–Kier alpha value is -3.66. The second-order valence-corrected chi connectivity index (χ2v) is 5.51. The summed E-state index contributed by atoms with van der Waals surface area (Å²) in [7, 11) is 0. The van der Waals surface area contributed by atoms with Crippen molar-refractivity contribution >= 4 is 11.3 Å². The van der Waals surface area contributed by atoms with Gasteiger partial charge in [0.1, 0.15) is 17.4 Å². The topological polar surface area (TPSA) is 99.5 Å². The summed E-state index contributed by atoms with van der Waals surface area (Å²) in [5, 5.41) is 25.5. The molecule has 3 rings (SSSR count). The number of tetrazole rings is 1.